The van der Waals surface area contributed by atoms with Crippen LogP contribution in [0.5, 0.6) is 0 Å². The molecule has 3 heterocycles. The van der Waals surface area contributed by atoms with Crippen molar-refractivity contribution in [1.29, 1.82) is 0 Å². The van der Waals surface area contributed by atoms with Crippen LogP contribution < -0.4 is 0 Å². The Morgan fingerprint density at radius 1 is 1.05 bits per heavy atom. The number of carbonyl (C=O) groups excluding carboxylic acids is 2. The number of fused-ring (bicyclic) bond motifs is 1. The third-order valence-electron chi connectivity index (χ3n) is 3.95. The predicted octanol–water partition coefficient (Wildman–Crippen LogP) is 2.54. The van der Waals surface area contributed by atoms with Crippen molar-refractivity contribution in [2.75, 3.05) is 7.05 Å². The minimum absolute atomic E-state index is 0.260. The summed E-state index contributed by atoms with van der Waals surface area (Å²) in [4.78, 5) is 31.3. The summed E-state index contributed by atoms with van der Waals surface area (Å²) in [5.41, 5.74) is 4.17. The summed E-state index contributed by atoms with van der Waals surface area (Å²) in [6.45, 7) is 0. The third kappa shape index (κ3) is 1.79. The lowest BCUT2D eigenvalue weighted by Gasteiger charge is -2.06. The van der Waals surface area contributed by atoms with Gasteiger partial charge in [0.1, 0.15) is 0 Å². The monoisotopic (exact) mass is 291 g/mol. The summed E-state index contributed by atoms with van der Waals surface area (Å²) in [6, 6.07) is 11.7. The van der Waals surface area contributed by atoms with Crippen molar-refractivity contribution in [2.45, 2.75) is 0 Å². The first kappa shape index (κ1) is 12.6. The van der Waals surface area contributed by atoms with Gasteiger partial charge in [-0.05, 0) is 35.9 Å². The molecule has 2 aromatic heterocycles. The lowest BCUT2D eigenvalue weighted by Crippen LogP contribution is -2.25. The maximum atomic E-state index is 12.1. The molecule has 108 valence electrons. The summed E-state index contributed by atoms with van der Waals surface area (Å²) in [5, 5.41) is 0.998. The molecular formula is C17H13N3O2. The molecule has 0 aliphatic carbocycles. The van der Waals surface area contributed by atoms with Crippen LogP contribution in [0, 0.1) is 0 Å². The molecule has 22 heavy (non-hydrogen) atoms. The van der Waals surface area contributed by atoms with E-state index in [1.807, 2.05) is 42.6 Å². The quantitative estimate of drug-likeness (QED) is 0.712. The number of hydrogen-bond acceptors (Lipinski definition) is 2. The number of rotatable bonds is 2. The minimum atomic E-state index is -0.277. The number of imide groups is 1. The largest absolute Gasteiger partial charge is 0.360 e. The molecule has 5 heteroatoms. The van der Waals surface area contributed by atoms with Gasteiger partial charge in [0.25, 0.3) is 11.8 Å². The summed E-state index contributed by atoms with van der Waals surface area (Å²) in [7, 11) is 1.49. The molecule has 1 aliphatic heterocycles. The molecule has 2 N–H and O–H groups in total. The zero-order chi connectivity index (χ0) is 15.3. The molecule has 0 saturated heterocycles. The Bertz CT molecular complexity index is 932. The molecule has 1 aromatic carbocycles. The van der Waals surface area contributed by atoms with Gasteiger partial charge in [-0.3, -0.25) is 14.5 Å². The Labute approximate surface area is 126 Å². The standard InChI is InChI=1S/C17H13N3O2/c1-20-16(21)9-12(17(20)22)10-4-5-13-11(7-10)8-15(19-13)14-3-2-6-18-14/h2-9,18-19H,1H3. The first-order chi connectivity index (χ1) is 10.6. The zero-order valence-electron chi connectivity index (χ0n) is 11.9. The van der Waals surface area contributed by atoms with Gasteiger partial charge in [-0.25, -0.2) is 0 Å². The smallest absolute Gasteiger partial charge is 0.261 e. The second-order valence-electron chi connectivity index (χ2n) is 5.33. The van der Waals surface area contributed by atoms with E-state index in [1.165, 1.54) is 13.1 Å². The molecule has 3 aromatic rings. The average Bonchev–Trinajstić information content (AvgIpc) is 3.22. The normalized spacial score (nSPS) is 15.0. The SMILES string of the molecule is CN1C(=O)C=C(c2ccc3[nH]c(-c4ccc[nH]4)cc3c2)C1=O. The third-order valence-corrected chi connectivity index (χ3v) is 3.95. The van der Waals surface area contributed by atoms with Crippen molar-refractivity contribution < 1.29 is 9.59 Å². The van der Waals surface area contributed by atoms with Gasteiger partial charge in [-0.15, -0.1) is 0 Å². The van der Waals surface area contributed by atoms with E-state index in [2.05, 4.69) is 9.97 Å². The fourth-order valence-electron chi connectivity index (χ4n) is 2.71. The molecular weight excluding hydrogens is 278 g/mol. The number of aromatic amines is 2. The second kappa shape index (κ2) is 4.46. The highest BCUT2D eigenvalue weighted by atomic mass is 16.2. The first-order valence-electron chi connectivity index (χ1n) is 6.94. The van der Waals surface area contributed by atoms with Crippen molar-refractivity contribution >= 4 is 28.3 Å². The van der Waals surface area contributed by atoms with Crippen LogP contribution in [-0.2, 0) is 9.59 Å². The van der Waals surface area contributed by atoms with E-state index in [9.17, 15) is 9.59 Å². The highest BCUT2D eigenvalue weighted by molar-refractivity contribution is 6.33. The van der Waals surface area contributed by atoms with E-state index in [4.69, 9.17) is 0 Å². The van der Waals surface area contributed by atoms with Crippen LogP contribution in [0.25, 0.3) is 27.9 Å². The number of aromatic nitrogens is 2. The molecule has 0 radical (unpaired) electrons. The van der Waals surface area contributed by atoms with Crippen molar-refractivity contribution in [3.63, 3.8) is 0 Å². The van der Waals surface area contributed by atoms with E-state index < -0.39 is 0 Å². The van der Waals surface area contributed by atoms with Crippen molar-refractivity contribution in [3.05, 3.63) is 54.2 Å². The summed E-state index contributed by atoms with van der Waals surface area (Å²) < 4.78 is 0. The molecule has 5 nitrogen and oxygen atoms in total. The number of benzene rings is 1. The topological polar surface area (TPSA) is 69.0 Å². The molecule has 0 bridgehead atoms. The maximum Gasteiger partial charge on any atom is 0.261 e. The first-order valence-corrected chi connectivity index (χ1v) is 6.94. The number of hydrogen-bond donors (Lipinski definition) is 2. The Balaban J connectivity index is 1.80. The maximum absolute atomic E-state index is 12.1. The number of amides is 2. The molecule has 2 amide bonds. The number of nitrogens with one attached hydrogen (secondary N) is 2. The van der Waals surface area contributed by atoms with Gasteiger partial charge in [0.15, 0.2) is 0 Å². The fourth-order valence-corrected chi connectivity index (χ4v) is 2.71. The average molecular weight is 291 g/mol. The Kier molecular flexibility index (Phi) is 2.56. The number of likely N-dealkylation sites (N-methyl/N-ethyl adjacent to an activating group) is 1. The Morgan fingerprint density at radius 2 is 1.91 bits per heavy atom. The number of nitrogens with zero attached hydrogens (tertiary/aromatic N) is 1. The van der Waals surface area contributed by atoms with Crippen LogP contribution in [0.15, 0.2) is 48.7 Å². The van der Waals surface area contributed by atoms with Gasteiger partial charge in [-0.2, -0.15) is 0 Å². The lowest BCUT2D eigenvalue weighted by molar-refractivity contribution is -0.134. The van der Waals surface area contributed by atoms with Crippen LogP contribution in [-0.4, -0.2) is 33.7 Å². The van der Waals surface area contributed by atoms with E-state index in [0.717, 1.165) is 32.8 Å². The van der Waals surface area contributed by atoms with Crippen molar-refractivity contribution in [2.24, 2.45) is 0 Å². The molecule has 0 unspecified atom stereocenters. The summed E-state index contributed by atoms with van der Waals surface area (Å²) >= 11 is 0. The van der Waals surface area contributed by atoms with Crippen LogP contribution in [0.4, 0.5) is 0 Å². The van der Waals surface area contributed by atoms with Gasteiger partial charge >= 0.3 is 0 Å². The van der Waals surface area contributed by atoms with Crippen LogP contribution in [0.1, 0.15) is 5.56 Å². The fraction of sp³-hybridized carbons (Fsp3) is 0.0588. The molecule has 0 saturated carbocycles. The summed E-state index contributed by atoms with van der Waals surface area (Å²) in [6.07, 6.45) is 3.26. The van der Waals surface area contributed by atoms with Crippen molar-refractivity contribution in [1.82, 2.24) is 14.9 Å². The molecule has 4 rings (SSSR count). The highest BCUT2D eigenvalue weighted by Crippen LogP contribution is 2.28. The van der Waals surface area contributed by atoms with E-state index in [1.54, 1.807) is 0 Å². The van der Waals surface area contributed by atoms with Crippen molar-refractivity contribution in [3.8, 4) is 11.4 Å². The zero-order valence-corrected chi connectivity index (χ0v) is 11.9. The highest BCUT2D eigenvalue weighted by Gasteiger charge is 2.28. The lowest BCUT2D eigenvalue weighted by atomic mass is 10.0. The minimum Gasteiger partial charge on any atom is -0.360 e. The second-order valence-corrected chi connectivity index (χ2v) is 5.33. The molecule has 0 fully saturated rings. The Hall–Kier alpha value is -3.08. The van der Waals surface area contributed by atoms with E-state index in [0.29, 0.717) is 5.57 Å². The van der Waals surface area contributed by atoms with Crippen LogP contribution in [0.2, 0.25) is 0 Å². The van der Waals surface area contributed by atoms with Gasteiger partial charge in [0.2, 0.25) is 0 Å². The van der Waals surface area contributed by atoms with Gasteiger partial charge in [0.05, 0.1) is 17.0 Å². The van der Waals surface area contributed by atoms with Crippen LogP contribution >= 0.6 is 0 Å². The van der Waals surface area contributed by atoms with Gasteiger partial charge < -0.3 is 9.97 Å². The number of H-pyrrole nitrogens is 2. The van der Waals surface area contributed by atoms with Gasteiger partial charge in [-0.1, -0.05) is 6.07 Å². The molecule has 0 spiro atoms. The predicted molar refractivity (Wildman–Crippen MR) is 83.8 cm³/mol. The summed E-state index contributed by atoms with van der Waals surface area (Å²) in [5.74, 6) is -0.536. The molecule has 0 atom stereocenters. The molecule has 1 aliphatic rings. The van der Waals surface area contributed by atoms with Gasteiger partial charge in [0, 0.05) is 30.2 Å². The number of carbonyl (C=O) groups is 2. The Morgan fingerprint density at radius 3 is 2.59 bits per heavy atom. The van der Waals surface area contributed by atoms with E-state index in [-0.39, 0.29) is 11.8 Å². The van der Waals surface area contributed by atoms with Crippen LogP contribution in [0.3, 0.4) is 0 Å². The van der Waals surface area contributed by atoms with E-state index >= 15 is 0 Å².